The van der Waals surface area contributed by atoms with Crippen molar-refractivity contribution < 1.29 is 9.59 Å². The lowest BCUT2D eigenvalue weighted by molar-refractivity contribution is 0.0650. The fraction of sp³-hybridized carbons (Fsp3) is 0.286. The molecule has 5 heteroatoms. The van der Waals surface area contributed by atoms with E-state index >= 15 is 0 Å². The molecule has 98 valence electrons. The summed E-state index contributed by atoms with van der Waals surface area (Å²) in [5, 5.41) is 2.06. The molecule has 2 heterocycles. The zero-order chi connectivity index (χ0) is 13.2. The molecule has 0 saturated heterocycles. The van der Waals surface area contributed by atoms with Crippen LogP contribution in [0.25, 0.3) is 0 Å². The van der Waals surface area contributed by atoms with E-state index in [0.29, 0.717) is 17.7 Å². The molecular formula is C14H14N2O2S. The number of carbonyl (C=O) groups is 2. The lowest BCUT2D eigenvalue weighted by Gasteiger charge is -2.17. The van der Waals surface area contributed by atoms with Gasteiger partial charge in [-0.1, -0.05) is 12.1 Å². The van der Waals surface area contributed by atoms with Crippen molar-refractivity contribution in [1.29, 1.82) is 0 Å². The molecule has 4 nitrogen and oxygen atoms in total. The summed E-state index contributed by atoms with van der Waals surface area (Å²) in [7, 11) is 0. The van der Waals surface area contributed by atoms with Gasteiger partial charge in [0.05, 0.1) is 17.0 Å². The quantitative estimate of drug-likeness (QED) is 0.789. The van der Waals surface area contributed by atoms with Crippen molar-refractivity contribution in [1.82, 2.24) is 9.80 Å². The summed E-state index contributed by atoms with van der Waals surface area (Å²) >= 11 is 1.75. The number of hydrogen-bond donors (Lipinski definition) is 0. The first-order valence-electron chi connectivity index (χ1n) is 6.25. The van der Waals surface area contributed by atoms with Crippen LogP contribution in [0.5, 0.6) is 0 Å². The highest BCUT2D eigenvalue weighted by Crippen LogP contribution is 2.22. The molecule has 0 bridgehead atoms. The largest absolute Gasteiger partial charge is 0.367 e. The molecule has 0 N–H and O–H groups in total. The number of imide groups is 1. The van der Waals surface area contributed by atoms with Crippen LogP contribution in [0.3, 0.4) is 0 Å². The third-order valence-electron chi connectivity index (χ3n) is 3.31. The van der Waals surface area contributed by atoms with Crippen molar-refractivity contribution in [2.24, 2.45) is 0 Å². The average molecular weight is 274 g/mol. The Morgan fingerprint density at radius 1 is 1.05 bits per heavy atom. The van der Waals surface area contributed by atoms with Crippen molar-refractivity contribution in [2.75, 3.05) is 19.0 Å². The Balaban J connectivity index is 1.62. The van der Waals surface area contributed by atoms with E-state index in [1.54, 1.807) is 36.0 Å². The molecule has 0 atom stereocenters. The van der Waals surface area contributed by atoms with Crippen LogP contribution in [0.15, 0.2) is 35.9 Å². The number of benzene rings is 1. The molecule has 0 aromatic heterocycles. The van der Waals surface area contributed by atoms with Crippen LogP contribution in [-0.4, -0.2) is 40.6 Å². The molecule has 2 aliphatic rings. The second kappa shape index (κ2) is 5.09. The molecule has 2 aliphatic heterocycles. The Hall–Kier alpha value is -1.75. The first-order valence-corrected chi connectivity index (χ1v) is 7.30. The van der Waals surface area contributed by atoms with E-state index in [-0.39, 0.29) is 11.8 Å². The fourth-order valence-electron chi connectivity index (χ4n) is 2.32. The van der Waals surface area contributed by atoms with Gasteiger partial charge in [0.25, 0.3) is 11.8 Å². The average Bonchev–Trinajstić information content (AvgIpc) is 3.02. The van der Waals surface area contributed by atoms with E-state index in [0.717, 1.165) is 18.8 Å². The van der Waals surface area contributed by atoms with Gasteiger partial charge in [-0.05, 0) is 24.0 Å². The highest BCUT2D eigenvalue weighted by molar-refractivity contribution is 8.02. The van der Waals surface area contributed by atoms with Gasteiger partial charge in [-0.2, -0.15) is 0 Å². The van der Waals surface area contributed by atoms with Gasteiger partial charge in [-0.3, -0.25) is 14.5 Å². The summed E-state index contributed by atoms with van der Waals surface area (Å²) in [6.07, 6.45) is 2.85. The van der Waals surface area contributed by atoms with Gasteiger partial charge < -0.3 is 4.90 Å². The fourth-order valence-corrected chi connectivity index (χ4v) is 3.08. The summed E-state index contributed by atoms with van der Waals surface area (Å²) in [5.74, 6) is 0.640. The lowest BCUT2D eigenvalue weighted by atomic mass is 10.1. The van der Waals surface area contributed by atoms with Crippen molar-refractivity contribution >= 4 is 23.6 Å². The Morgan fingerprint density at radius 2 is 1.74 bits per heavy atom. The topological polar surface area (TPSA) is 40.6 Å². The molecule has 0 aliphatic carbocycles. The lowest BCUT2D eigenvalue weighted by Crippen LogP contribution is -2.32. The Morgan fingerprint density at radius 3 is 2.32 bits per heavy atom. The minimum Gasteiger partial charge on any atom is -0.367 e. The number of hydrogen-bond acceptors (Lipinski definition) is 4. The maximum absolute atomic E-state index is 12.1. The second-order valence-corrected chi connectivity index (χ2v) is 5.42. The molecule has 0 fully saturated rings. The van der Waals surface area contributed by atoms with E-state index in [4.69, 9.17) is 0 Å². The van der Waals surface area contributed by atoms with E-state index in [2.05, 4.69) is 10.3 Å². The highest BCUT2D eigenvalue weighted by Gasteiger charge is 2.34. The van der Waals surface area contributed by atoms with Crippen LogP contribution in [0.4, 0.5) is 0 Å². The minimum absolute atomic E-state index is 0.160. The van der Waals surface area contributed by atoms with Gasteiger partial charge in [0, 0.05) is 19.3 Å². The summed E-state index contributed by atoms with van der Waals surface area (Å²) in [4.78, 5) is 27.8. The first-order chi connectivity index (χ1) is 9.27. The van der Waals surface area contributed by atoms with Gasteiger partial charge in [-0.25, -0.2) is 0 Å². The van der Waals surface area contributed by atoms with Crippen LogP contribution in [-0.2, 0) is 0 Å². The van der Waals surface area contributed by atoms with Crippen LogP contribution >= 0.6 is 11.8 Å². The number of amides is 2. The summed E-state index contributed by atoms with van der Waals surface area (Å²) < 4.78 is 0. The predicted molar refractivity (Wildman–Crippen MR) is 74.7 cm³/mol. The van der Waals surface area contributed by atoms with Gasteiger partial charge in [0.2, 0.25) is 0 Å². The number of nitrogens with zero attached hydrogens (tertiary/aromatic N) is 2. The highest BCUT2D eigenvalue weighted by atomic mass is 32.2. The number of carbonyl (C=O) groups excluding carboxylic acids is 2. The SMILES string of the molecule is O=C1c2ccccc2C(=O)N1CCCN1C=CSC1. The van der Waals surface area contributed by atoms with Crippen molar-refractivity contribution in [3.05, 3.63) is 47.0 Å². The van der Waals surface area contributed by atoms with Gasteiger partial charge >= 0.3 is 0 Å². The third-order valence-corrected chi connectivity index (χ3v) is 4.11. The van der Waals surface area contributed by atoms with E-state index in [1.807, 2.05) is 6.20 Å². The van der Waals surface area contributed by atoms with Gasteiger partial charge in [0.1, 0.15) is 0 Å². The first kappa shape index (κ1) is 12.3. The number of fused-ring (bicyclic) bond motifs is 1. The van der Waals surface area contributed by atoms with Crippen LogP contribution < -0.4 is 0 Å². The Bertz CT molecular complexity index is 521. The maximum Gasteiger partial charge on any atom is 0.261 e. The van der Waals surface area contributed by atoms with Crippen LogP contribution in [0, 0.1) is 0 Å². The van der Waals surface area contributed by atoms with Crippen molar-refractivity contribution in [3.8, 4) is 0 Å². The van der Waals surface area contributed by atoms with E-state index in [9.17, 15) is 9.59 Å². The molecule has 0 unspecified atom stereocenters. The summed E-state index contributed by atoms with van der Waals surface area (Å²) in [6.45, 7) is 1.36. The molecule has 0 spiro atoms. The molecular weight excluding hydrogens is 260 g/mol. The van der Waals surface area contributed by atoms with E-state index < -0.39 is 0 Å². The van der Waals surface area contributed by atoms with Crippen molar-refractivity contribution in [2.45, 2.75) is 6.42 Å². The zero-order valence-electron chi connectivity index (χ0n) is 10.4. The predicted octanol–water partition coefficient (Wildman–Crippen LogP) is 2.15. The number of thioether (sulfide) groups is 1. The smallest absolute Gasteiger partial charge is 0.261 e. The van der Waals surface area contributed by atoms with Crippen LogP contribution in [0.1, 0.15) is 27.1 Å². The maximum atomic E-state index is 12.1. The van der Waals surface area contributed by atoms with Gasteiger partial charge in [-0.15, -0.1) is 11.8 Å². The molecule has 1 aromatic carbocycles. The van der Waals surface area contributed by atoms with Gasteiger partial charge in [0.15, 0.2) is 0 Å². The van der Waals surface area contributed by atoms with E-state index in [1.165, 1.54) is 4.90 Å². The Kier molecular flexibility index (Phi) is 3.29. The second-order valence-electron chi connectivity index (χ2n) is 4.55. The monoisotopic (exact) mass is 274 g/mol. The summed E-state index contributed by atoms with van der Waals surface area (Å²) in [5.41, 5.74) is 1.06. The summed E-state index contributed by atoms with van der Waals surface area (Å²) in [6, 6.07) is 7.02. The molecule has 1 aromatic rings. The normalized spacial score (nSPS) is 17.5. The zero-order valence-corrected chi connectivity index (χ0v) is 11.2. The molecule has 0 radical (unpaired) electrons. The third kappa shape index (κ3) is 2.26. The standard InChI is InChI=1S/C14H14N2O2S/c17-13-11-4-1-2-5-12(11)14(18)16(13)7-3-6-15-8-9-19-10-15/h1-2,4-5,8-9H,3,6-7,10H2. The molecule has 3 rings (SSSR count). The van der Waals surface area contributed by atoms with Crippen molar-refractivity contribution in [3.63, 3.8) is 0 Å². The number of rotatable bonds is 4. The Labute approximate surface area is 116 Å². The molecule has 19 heavy (non-hydrogen) atoms. The van der Waals surface area contributed by atoms with Crippen LogP contribution in [0.2, 0.25) is 0 Å². The molecule has 2 amide bonds. The minimum atomic E-state index is -0.160. The molecule has 0 saturated carbocycles.